The maximum Gasteiger partial charge on any atom is 0.289 e. The van der Waals surface area contributed by atoms with E-state index in [0.29, 0.717) is 43.7 Å². The minimum Gasteiger partial charge on any atom is -0.459 e. The molecule has 0 saturated carbocycles. The summed E-state index contributed by atoms with van der Waals surface area (Å²) >= 11 is 0. The van der Waals surface area contributed by atoms with Crippen molar-refractivity contribution in [3.05, 3.63) is 30.4 Å². The fraction of sp³-hybridized carbons (Fsp3) is 0.467. The second-order valence-electron chi connectivity index (χ2n) is 5.70. The highest BCUT2D eigenvalue weighted by Gasteiger charge is 2.25. The predicted molar refractivity (Wildman–Crippen MR) is 85.4 cm³/mol. The lowest BCUT2D eigenvalue weighted by Gasteiger charge is -2.34. The zero-order valence-electron chi connectivity index (χ0n) is 13.3. The number of hydrogen-bond donors (Lipinski definition) is 1. The first-order valence-corrected chi connectivity index (χ1v) is 7.67. The molecule has 1 N–H and O–H groups in total. The molecule has 1 saturated heterocycles. The standard InChI is InChI=1S/C15H20N6O2/c1-11(2)17-13-10-16-19-15(18-13)21-7-5-20(6-8-21)14(22)12-4-3-9-23-12/h3-4,9-11H,5-8H2,1-2H3,(H,17,18,19). The van der Waals surface area contributed by atoms with Crippen LogP contribution in [-0.2, 0) is 0 Å². The van der Waals surface area contributed by atoms with E-state index in [0.717, 1.165) is 0 Å². The number of carbonyl (C=O) groups is 1. The van der Waals surface area contributed by atoms with Gasteiger partial charge in [-0.1, -0.05) is 0 Å². The summed E-state index contributed by atoms with van der Waals surface area (Å²) in [5, 5.41) is 11.3. The molecule has 1 fully saturated rings. The number of hydrogen-bond acceptors (Lipinski definition) is 7. The van der Waals surface area contributed by atoms with E-state index in [9.17, 15) is 4.79 Å². The Hall–Kier alpha value is -2.64. The maximum atomic E-state index is 12.2. The van der Waals surface area contributed by atoms with E-state index in [2.05, 4.69) is 20.5 Å². The first kappa shape index (κ1) is 15.3. The van der Waals surface area contributed by atoms with Gasteiger partial charge < -0.3 is 19.5 Å². The van der Waals surface area contributed by atoms with Gasteiger partial charge in [-0.15, -0.1) is 5.10 Å². The number of piperazine rings is 1. The smallest absolute Gasteiger partial charge is 0.289 e. The van der Waals surface area contributed by atoms with Gasteiger partial charge in [-0.05, 0) is 26.0 Å². The molecule has 0 atom stereocenters. The summed E-state index contributed by atoms with van der Waals surface area (Å²) < 4.78 is 5.16. The normalized spacial score (nSPS) is 15.1. The molecule has 0 aromatic carbocycles. The molecule has 1 aliphatic heterocycles. The molecule has 3 heterocycles. The molecule has 3 rings (SSSR count). The van der Waals surface area contributed by atoms with Crippen molar-refractivity contribution < 1.29 is 9.21 Å². The summed E-state index contributed by atoms with van der Waals surface area (Å²) in [6.45, 7) is 6.62. The molecule has 0 aliphatic carbocycles. The zero-order valence-corrected chi connectivity index (χ0v) is 13.3. The van der Waals surface area contributed by atoms with Crippen molar-refractivity contribution >= 4 is 17.7 Å². The van der Waals surface area contributed by atoms with E-state index in [4.69, 9.17) is 4.42 Å². The predicted octanol–water partition coefficient (Wildman–Crippen LogP) is 1.25. The van der Waals surface area contributed by atoms with Gasteiger partial charge in [-0.25, -0.2) is 0 Å². The highest BCUT2D eigenvalue weighted by Crippen LogP contribution is 2.14. The Morgan fingerprint density at radius 2 is 2.09 bits per heavy atom. The third kappa shape index (κ3) is 3.58. The number of anilines is 2. The van der Waals surface area contributed by atoms with Crippen molar-refractivity contribution in [1.29, 1.82) is 0 Å². The molecule has 0 radical (unpaired) electrons. The largest absolute Gasteiger partial charge is 0.459 e. The van der Waals surface area contributed by atoms with Crippen molar-refractivity contribution in [2.45, 2.75) is 19.9 Å². The zero-order chi connectivity index (χ0) is 16.2. The summed E-state index contributed by atoms with van der Waals surface area (Å²) in [7, 11) is 0. The van der Waals surface area contributed by atoms with E-state index in [1.807, 2.05) is 18.7 Å². The van der Waals surface area contributed by atoms with Gasteiger partial charge in [0.15, 0.2) is 11.6 Å². The maximum absolute atomic E-state index is 12.2. The van der Waals surface area contributed by atoms with E-state index < -0.39 is 0 Å². The van der Waals surface area contributed by atoms with Crippen LogP contribution in [0.25, 0.3) is 0 Å². The van der Waals surface area contributed by atoms with Crippen LogP contribution in [0.5, 0.6) is 0 Å². The number of rotatable bonds is 4. The summed E-state index contributed by atoms with van der Waals surface area (Å²) in [5.41, 5.74) is 0. The topological polar surface area (TPSA) is 87.4 Å². The second-order valence-corrected chi connectivity index (χ2v) is 5.70. The van der Waals surface area contributed by atoms with Crippen molar-refractivity contribution in [3.63, 3.8) is 0 Å². The number of furan rings is 1. The quantitative estimate of drug-likeness (QED) is 0.908. The number of nitrogens with one attached hydrogen (secondary N) is 1. The molecule has 122 valence electrons. The lowest BCUT2D eigenvalue weighted by Crippen LogP contribution is -2.49. The van der Waals surface area contributed by atoms with Gasteiger partial charge in [0.2, 0.25) is 5.95 Å². The van der Waals surface area contributed by atoms with Crippen molar-refractivity contribution in [2.24, 2.45) is 0 Å². The van der Waals surface area contributed by atoms with Gasteiger partial charge in [-0.2, -0.15) is 10.1 Å². The van der Waals surface area contributed by atoms with Crippen LogP contribution in [0.3, 0.4) is 0 Å². The van der Waals surface area contributed by atoms with Crippen molar-refractivity contribution in [3.8, 4) is 0 Å². The number of nitrogens with zero attached hydrogens (tertiary/aromatic N) is 5. The Morgan fingerprint density at radius 1 is 1.30 bits per heavy atom. The fourth-order valence-electron chi connectivity index (χ4n) is 2.46. The van der Waals surface area contributed by atoms with Gasteiger partial charge in [0, 0.05) is 32.2 Å². The van der Waals surface area contributed by atoms with Gasteiger partial charge in [0.05, 0.1) is 12.5 Å². The molecule has 2 aromatic heterocycles. The Morgan fingerprint density at radius 3 is 2.74 bits per heavy atom. The molecule has 2 aromatic rings. The van der Waals surface area contributed by atoms with E-state index in [-0.39, 0.29) is 11.9 Å². The minimum absolute atomic E-state index is 0.0797. The van der Waals surface area contributed by atoms with Gasteiger partial charge in [-0.3, -0.25) is 4.79 Å². The lowest BCUT2D eigenvalue weighted by atomic mass is 10.3. The van der Waals surface area contributed by atoms with Crippen molar-refractivity contribution in [2.75, 3.05) is 36.4 Å². The summed E-state index contributed by atoms with van der Waals surface area (Å²) in [6.07, 6.45) is 3.12. The molecular formula is C15H20N6O2. The van der Waals surface area contributed by atoms with Crippen LogP contribution in [0, 0.1) is 0 Å². The average Bonchev–Trinajstić information content (AvgIpc) is 3.08. The highest BCUT2D eigenvalue weighted by molar-refractivity contribution is 5.91. The Kier molecular flexibility index (Phi) is 4.40. The number of aromatic nitrogens is 3. The monoisotopic (exact) mass is 316 g/mol. The Bertz CT molecular complexity index is 650. The SMILES string of the molecule is CC(C)Nc1cnnc(N2CCN(C(=O)c3ccco3)CC2)n1. The van der Waals surface area contributed by atoms with E-state index >= 15 is 0 Å². The second kappa shape index (κ2) is 6.64. The molecule has 1 amide bonds. The third-order valence-electron chi connectivity index (χ3n) is 3.57. The van der Waals surface area contributed by atoms with Crippen LogP contribution in [0.1, 0.15) is 24.4 Å². The van der Waals surface area contributed by atoms with Gasteiger partial charge in [0.25, 0.3) is 5.91 Å². The fourth-order valence-corrected chi connectivity index (χ4v) is 2.46. The number of carbonyl (C=O) groups excluding carboxylic acids is 1. The Labute approximate surface area is 134 Å². The third-order valence-corrected chi connectivity index (χ3v) is 3.57. The first-order valence-electron chi connectivity index (χ1n) is 7.67. The summed E-state index contributed by atoms with van der Waals surface area (Å²) in [5.74, 6) is 1.59. The van der Waals surface area contributed by atoms with Crippen LogP contribution < -0.4 is 10.2 Å². The van der Waals surface area contributed by atoms with E-state index in [1.165, 1.54) is 6.26 Å². The molecule has 8 nitrogen and oxygen atoms in total. The number of amides is 1. The van der Waals surface area contributed by atoms with Crippen molar-refractivity contribution in [1.82, 2.24) is 20.1 Å². The van der Waals surface area contributed by atoms with Gasteiger partial charge >= 0.3 is 0 Å². The average molecular weight is 316 g/mol. The molecule has 0 unspecified atom stereocenters. The van der Waals surface area contributed by atoms with Crippen LogP contribution >= 0.6 is 0 Å². The summed E-state index contributed by atoms with van der Waals surface area (Å²) in [4.78, 5) is 20.5. The van der Waals surface area contributed by atoms with Gasteiger partial charge in [0.1, 0.15) is 0 Å². The Balaban J connectivity index is 1.61. The molecule has 1 aliphatic rings. The van der Waals surface area contributed by atoms with Crippen LogP contribution in [-0.4, -0.2) is 58.2 Å². The lowest BCUT2D eigenvalue weighted by molar-refractivity contribution is 0.0714. The molecular weight excluding hydrogens is 296 g/mol. The van der Waals surface area contributed by atoms with Crippen LogP contribution in [0.15, 0.2) is 29.0 Å². The highest BCUT2D eigenvalue weighted by atomic mass is 16.3. The minimum atomic E-state index is -0.0797. The van der Waals surface area contributed by atoms with Crippen LogP contribution in [0.2, 0.25) is 0 Å². The first-order chi connectivity index (χ1) is 11.1. The molecule has 23 heavy (non-hydrogen) atoms. The van der Waals surface area contributed by atoms with E-state index in [1.54, 1.807) is 23.2 Å². The molecule has 8 heteroatoms. The summed E-state index contributed by atoms with van der Waals surface area (Å²) in [6, 6.07) is 3.68. The molecule has 0 bridgehead atoms. The molecule has 0 spiro atoms. The van der Waals surface area contributed by atoms with Crippen LogP contribution in [0.4, 0.5) is 11.8 Å².